The lowest BCUT2D eigenvalue weighted by Gasteiger charge is -2.10. The zero-order valence-corrected chi connectivity index (χ0v) is 11.7. The molecule has 2 N–H and O–H groups in total. The molecule has 0 spiro atoms. The Kier molecular flexibility index (Phi) is 3.64. The second-order valence-corrected chi connectivity index (χ2v) is 5.45. The fraction of sp³-hybridized carbons (Fsp3) is 0.250. The summed E-state index contributed by atoms with van der Waals surface area (Å²) in [5.74, 6) is 0.389. The summed E-state index contributed by atoms with van der Waals surface area (Å²) in [5.41, 5.74) is 9.31. The smallest absolute Gasteiger partial charge is 0.141 e. The van der Waals surface area contributed by atoms with Crippen LogP contribution < -0.4 is 10.5 Å². The summed E-state index contributed by atoms with van der Waals surface area (Å²) < 4.78 is 18.8. The fourth-order valence-corrected chi connectivity index (χ4v) is 2.72. The standard InChI is InChI=1S/C16H15ClFNO/c17-14-7-10(1-5-15(14)18)9-20-12-3-4-13-11(8-12)2-6-16(13)19/h1,3-5,7-8,16H,2,6,9,19H2. The molecule has 1 unspecified atom stereocenters. The normalized spacial score (nSPS) is 17.1. The topological polar surface area (TPSA) is 35.2 Å². The van der Waals surface area contributed by atoms with E-state index in [1.807, 2.05) is 18.2 Å². The minimum atomic E-state index is -0.415. The number of aryl methyl sites for hydroxylation is 1. The van der Waals surface area contributed by atoms with Gasteiger partial charge in [-0.3, -0.25) is 0 Å². The average Bonchev–Trinajstić information content (AvgIpc) is 2.81. The van der Waals surface area contributed by atoms with E-state index >= 15 is 0 Å². The monoisotopic (exact) mass is 291 g/mol. The van der Waals surface area contributed by atoms with Crippen molar-refractivity contribution in [3.63, 3.8) is 0 Å². The van der Waals surface area contributed by atoms with Gasteiger partial charge in [0.05, 0.1) is 5.02 Å². The molecule has 2 nitrogen and oxygen atoms in total. The van der Waals surface area contributed by atoms with Crippen LogP contribution in [0.2, 0.25) is 5.02 Å². The highest BCUT2D eigenvalue weighted by Crippen LogP contribution is 2.32. The Bertz CT molecular complexity index is 644. The molecule has 1 aliphatic carbocycles. The molecule has 0 bridgehead atoms. The SMILES string of the molecule is NC1CCc2cc(OCc3ccc(F)c(Cl)c3)ccc21. The molecular formula is C16H15ClFNO. The average molecular weight is 292 g/mol. The zero-order chi connectivity index (χ0) is 14.1. The van der Waals surface area contributed by atoms with Crippen molar-refractivity contribution in [3.05, 3.63) is 63.9 Å². The van der Waals surface area contributed by atoms with E-state index in [-0.39, 0.29) is 11.1 Å². The zero-order valence-electron chi connectivity index (χ0n) is 10.9. The van der Waals surface area contributed by atoms with Crippen LogP contribution in [-0.2, 0) is 13.0 Å². The van der Waals surface area contributed by atoms with Gasteiger partial charge in [0.25, 0.3) is 0 Å². The first kappa shape index (κ1) is 13.4. The van der Waals surface area contributed by atoms with Crippen molar-refractivity contribution in [3.8, 4) is 5.75 Å². The largest absolute Gasteiger partial charge is 0.489 e. The lowest BCUT2D eigenvalue weighted by atomic mass is 10.1. The summed E-state index contributed by atoms with van der Waals surface area (Å²) in [6, 6.07) is 10.7. The highest BCUT2D eigenvalue weighted by atomic mass is 35.5. The first-order valence-corrected chi connectivity index (χ1v) is 6.96. The number of benzene rings is 2. The third-order valence-electron chi connectivity index (χ3n) is 3.63. The van der Waals surface area contributed by atoms with Gasteiger partial charge in [-0.05, 0) is 53.8 Å². The molecule has 104 valence electrons. The molecule has 0 amide bonds. The third-order valence-corrected chi connectivity index (χ3v) is 3.92. The van der Waals surface area contributed by atoms with Crippen molar-refractivity contribution in [2.75, 3.05) is 0 Å². The lowest BCUT2D eigenvalue weighted by molar-refractivity contribution is 0.306. The second kappa shape index (κ2) is 5.43. The second-order valence-electron chi connectivity index (χ2n) is 5.04. The van der Waals surface area contributed by atoms with Crippen LogP contribution in [0.15, 0.2) is 36.4 Å². The summed E-state index contributed by atoms with van der Waals surface area (Å²) in [5, 5.41) is 0.117. The van der Waals surface area contributed by atoms with Crippen LogP contribution in [0.1, 0.15) is 29.2 Å². The minimum absolute atomic E-state index is 0.117. The van der Waals surface area contributed by atoms with Crippen LogP contribution in [-0.4, -0.2) is 0 Å². The quantitative estimate of drug-likeness (QED) is 0.927. The van der Waals surface area contributed by atoms with Crippen molar-refractivity contribution in [1.82, 2.24) is 0 Å². The highest BCUT2D eigenvalue weighted by molar-refractivity contribution is 6.30. The third kappa shape index (κ3) is 2.65. The molecule has 0 saturated heterocycles. The molecule has 20 heavy (non-hydrogen) atoms. The number of hydrogen-bond acceptors (Lipinski definition) is 2. The van der Waals surface area contributed by atoms with Crippen LogP contribution in [0.3, 0.4) is 0 Å². The lowest BCUT2D eigenvalue weighted by Crippen LogP contribution is -2.05. The number of ether oxygens (including phenoxy) is 1. The van der Waals surface area contributed by atoms with Gasteiger partial charge in [-0.2, -0.15) is 0 Å². The van der Waals surface area contributed by atoms with E-state index in [0.29, 0.717) is 6.61 Å². The molecule has 4 heteroatoms. The van der Waals surface area contributed by atoms with Crippen LogP contribution in [0.25, 0.3) is 0 Å². The van der Waals surface area contributed by atoms with E-state index in [2.05, 4.69) is 0 Å². The maximum Gasteiger partial charge on any atom is 0.141 e. The Hall–Kier alpha value is -1.58. The van der Waals surface area contributed by atoms with Crippen molar-refractivity contribution >= 4 is 11.6 Å². The van der Waals surface area contributed by atoms with Crippen LogP contribution >= 0.6 is 11.6 Å². The number of nitrogens with two attached hydrogens (primary N) is 1. The predicted octanol–water partition coefficient (Wildman–Crippen LogP) is 4.00. The summed E-state index contributed by atoms with van der Waals surface area (Å²) in [6.45, 7) is 0.366. The molecule has 0 heterocycles. The Morgan fingerprint density at radius 2 is 2.10 bits per heavy atom. The van der Waals surface area contributed by atoms with Gasteiger partial charge in [0.1, 0.15) is 18.2 Å². The van der Waals surface area contributed by atoms with E-state index in [1.165, 1.54) is 17.2 Å². The van der Waals surface area contributed by atoms with Crippen LogP contribution in [0.4, 0.5) is 4.39 Å². The Balaban J connectivity index is 1.71. The minimum Gasteiger partial charge on any atom is -0.489 e. The van der Waals surface area contributed by atoms with Gasteiger partial charge in [0, 0.05) is 6.04 Å². The molecule has 3 rings (SSSR count). The molecule has 0 aromatic heterocycles. The van der Waals surface area contributed by atoms with Gasteiger partial charge in [-0.1, -0.05) is 23.7 Å². The van der Waals surface area contributed by atoms with Gasteiger partial charge < -0.3 is 10.5 Å². The first-order chi connectivity index (χ1) is 9.63. The first-order valence-electron chi connectivity index (χ1n) is 6.58. The molecule has 0 saturated carbocycles. The summed E-state index contributed by atoms with van der Waals surface area (Å²) >= 11 is 5.74. The number of halogens is 2. The van der Waals surface area contributed by atoms with E-state index < -0.39 is 5.82 Å². The van der Waals surface area contributed by atoms with Gasteiger partial charge in [0.15, 0.2) is 0 Å². The van der Waals surface area contributed by atoms with Gasteiger partial charge in [-0.25, -0.2) is 4.39 Å². The van der Waals surface area contributed by atoms with Gasteiger partial charge in [0.2, 0.25) is 0 Å². The summed E-state index contributed by atoms with van der Waals surface area (Å²) in [6.07, 6.45) is 1.99. The molecule has 0 aliphatic heterocycles. The maximum absolute atomic E-state index is 13.1. The predicted molar refractivity (Wildman–Crippen MR) is 77.4 cm³/mol. The van der Waals surface area contributed by atoms with Gasteiger partial charge in [-0.15, -0.1) is 0 Å². The van der Waals surface area contributed by atoms with Gasteiger partial charge >= 0.3 is 0 Å². The van der Waals surface area contributed by atoms with Crippen molar-refractivity contribution < 1.29 is 9.13 Å². The molecular weight excluding hydrogens is 277 g/mol. The van der Waals surface area contributed by atoms with Crippen molar-refractivity contribution in [2.45, 2.75) is 25.5 Å². The molecule has 1 aliphatic rings. The Labute approximate surface area is 122 Å². The van der Waals surface area contributed by atoms with E-state index in [4.69, 9.17) is 22.1 Å². The van der Waals surface area contributed by atoms with E-state index in [0.717, 1.165) is 24.2 Å². The Morgan fingerprint density at radius 3 is 2.90 bits per heavy atom. The van der Waals surface area contributed by atoms with Crippen LogP contribution in [0.5, 0.6) is 5.75 Å². The van der Waals surface area contributed by atoms with E-state index in [9.17, 15) is 4.39 Å². The molecule has 2 aromatic carbocycles. The number of fused-ring (bicyclic) bond motifs is 1. The van der Waals surface area contributed by atoms with Crippen LogP contribution in [0, 0.1) is 5.82 Å². The fourth-order valence-electron chi connectivity index (χ4n) is 2.51. The Morgan fingerprint density at radius 1 is 1.25 bits per heavy atom. The maximum atomic E-state index is 13.1. The summed E-state index contributed by atoms with van der Waals surface area (Å²) in [7, 11) is 0. The van der Waals surface area contributed by atoms with Crippen molar-refractivity contribution in [2.24, 2.45) is 5.73 Å². The summed E-state index contributed by atoms with van der Waals surface area (Å²) in [4.78, 5) is 0. The van der Waals surface area contributed by atoms with Crippen molar-refractivity contribution in [1.29, 1.82) is 0 Å². The highest BCUT2D eigenvalue weighted by Gasteiger charge is 2.19. The number of rotatable bonds is 3. The molecule has 0 radical (unpaired) electrons. The molecule has 1 atom stereocenters. The molecule has 0 fully saturated rings. The number of hydrogen-bond donors (Lipinski definition) is 1. The van der Waals surface area contributed by atoms with E-state index in [1.54, 1.807) is 12.1 Å². The molecule has 2 aromatic rings.